The number of hydrogen-bond donors (Lipinski definition) is 2. The van der Waals surface area contributed by atoms with Gasteiger partial charge < -0.3 is 10.2 Å². The maximum absolute atomic E-state index is 12.9. The third-order valence-electron chi connectivity index (χ3n) is 4.59. The molecule has 2 N–H and O–H groups in total. The summed E-state index contributed by atoms with van der Waals surface area (Å²) in [5.41, 5.74) is 2.43. The average Bonchev–Trinajstić information content (AvgIpc) is 3.15. The van der Waals surface area contributed by atoms with Crippen LogP contribution in [0.4, 0.5) is 10.8 Å². The second-order valence-corrected chi connectivity index (χ2v) is 7.88. The summed E-state index contributed by atoms with van der Waals surface area (Å²) >= 11 is 1.37. The van der Waals surface area contributed by atoms with Gasteiger partial charge in [0.1, 0.15) is 5.69 Å². The minimum atomic E-state index is -0.311. The predicted molar refractivity (Wildman–Crippen MR) is 113 cm³/mol. The van der Waals surface area contributed by atoms with E-state index in [-0.39, 0.29) is 17.7 Å². The molecule has 0 saturated carbocycles. The fraction of sp³-hybridized carbons (Fsp3) is 0.190. The van der Waals surface area contributed by atoms with Crippen LogP contribution in [0.1, 0.15) is 38.3 Å². The number of thiazole rings is 1. The number of carbonyl (C=O) groups excluding carboxylic acids is 3. The number of fused-ring (bicyclic) bond motifs is 1. The molecule has 0 fully saturated rings. The lowest BCUT2D eigenvalue weighted by Crippen LogP contribution is -2.35. The summed E-state index contributed by atoms with van der Waals surface area (Å²) in [7, 11) is 0. The SMILES string of the molecule is CC(=O)Nc1ccc(C(=O)N2CCc3nc(NC(=O)c4ccccn4)sc3C2)cc1. The molecule has 0 saturated heterocycles. The molecule has 1 aliphatic heterocycles. The van der Waals surface area contributed by atoms with E-state index in [9.17, 15) is 14.4 Å². The van der Waals surface area contributed by atoms with Gasteiger partial charge in [0.15, 0.2) is 5.13 Å². The number of anilines is 2. The Hall–Kier alpha value is -3.59. The van der Waals surface area contributed by atoms with Crippen LogP contribution in [-0.4, -0.2) is 39.1 Å². The number of aromatic nitrogens is 2. The van der Waals surface area contributed by atoms with Crippen LogP contribution in [0.2, 0.25) is 0 Å². The molecule has 152 valence electrons. The van der Waals surface area contributed by atoms with Crippen molar-refractivity contribution in [3.8, 4) is 0 Å². The minimum absolute atomic E-state index is 0.0810. The molecule has 1 aliphatic rings. The van der Waals surface area contributed by atoms with Gasteiger partial charge in [0.2, 0.25) is 5.91 Å². The quantitative estimate of drug-likeness (QED) is 0.674. The number of nitrogens with zero attached hydrogens (tertiary/aromatic N) is 3. The maximum atomic E-state index is 12.9. The van der Waals surface area contributed by atoms with Gasteiger partial charge in [-0.05, 0) is 36.4 Å². The number of amides is 3. The Labute approximate surface area is 177 Å². The Morgan fingerprint density at radius 3 is 2.57 bits per heavy atom. The molecule has 3 aromatic rings. The van der Waals surface area contributed by atoms with Crippen molar-refractivity contribution in [2.24, 2.45) is 0 Å². The molecule has 8 nitrogen and oxygen atoms in total. The van der Waals surface area contributed by atoms with Gasteiger partial charge in [-0.25, -0.2) is 4.98 Å². The smallest absolute Gasteiger partial charge is 0.276 e. The molecule has 0 unspecified atom stereocenters. The largest absolute Gasteiger partial charge is 0.333 e. The van der Waals surface area contributed by atoms with Crippen molar-refractivity contribution in [1.29, 1.82) is 0 Å². The summed E-state index contributed by atoms with van der Waals surface area (Å²) in [5.74, 6) is -0.551. The third kappa shape index (κ3) is 4.36. The summed E-state index contributed by atoms with van der Waals surface area (Å²) in [6.07, 6.45) is 2.19. The molecule has 0 bridgehead atoms. The molecule has 9 heteroatoms. The van der Waals surface area contributed by atoms with Gasteiger partial charge in [-0.15, -0.1) is 0 Å². The Morgan fingerprint density at radius 1 is 1.07 bits per heavy atom. The van der Waals surface area contributed by atoms with Crippen molar-refractivity contribution in [3.05, 3.63) is 70.5 Å². The number of carbonyl (C=O) groups is 3. The van der Waals surface area contributed by atoms with Crippen LogP contribution in [0.5, 0.6) is 0 Å². The highest BCUT2D eigenvalue weighted by molar-refractivity contribution is 7.15. The second kappa shape index (κ2) is 8.42. The molecule has 3 amide bonds. The Bertz CT molecular complexity index is 1100. The first-order valence-corrected chi connectivity index (χ1v) is 10.2. The lowest BCUT2D eigenvalue weighted by atomic mass is 10.1. The molecular formula is C21H19N5O3S. The first-order chi connectivity index (χ1) is 14.5. The zero-order valence-corrected chi connectivity index (χ0v) is 17.0. The first-order valence-electron chi connectivity index (χ1n) is 9.37. The van der Waals surface area contributed by atoms with Gasteiger partial charge in [-0.3, -0.25) is 24.7 Å². The molecule has 2 aromatic heterocycles. The van der Waals surface area contributed by atoms with E-state index in [4.69, 9.17) is 0 Å². The van der Waals surface area contributed by atoms with Crippen LogP contribution in [-0.2, 0) is 17.8 Å². The molecule has 0 spiro atoms. The van der Waals surface area contributed by atoms with Gasteiger partial charge in [0.05, 0.1) is 12.2 Å². The van der Waals surface area contributed by atoms with Crippen molar-refractivity contribution < 1.29 is 14.4 Å². The lowest BCUT2D eigenvalue weighted by molar-refractivity contribution is -0.114. The molecule has 3 heterocycles. The van der Waals surface area contributed by atoms with E-state index in [2.05, 4.69) is 20.6 Å². The van der Waals surface area contributed by atoms with Gasteiger partial charge in [-0.1, -0.05) is 17.4 Å². The van der Waals surface area contributed by atoms with Crippen LogP contribution in [0.15, 0.2) is 48.7 Å². The van der Waals surface area contributed by atoms with Gasteiger partial charge in [0.25, 0.3) is 11.8 Å². The average molecular weight is 421 g/mol. The Morgan fingerprint density at radius 2 is 1.87 bits per heavy atom. The topological polar surface area (TPSA) is 104 Å². The number of hydrogen-bond acceptors (Lipinski definition) is 6. The van der Waals surface area contributed by atoms with Crippen LogP contribution in [0, 0.1) is 0 Å². The highest BCUT2D eigenvalue weighted by Gasteiger charge is 2.25. The van der Waals surface area contributed by atoms with E-state index < -0.39 is 0 Å². The van der Waals surface area contributed by atoms with Crippen LogP contribution in [0.3, 0.4) is 0 Å². The number of benzene rings is 1. The molecule has 1 aromatic carbocycles. The second-order valence-electron chi connectivity index (χ2n) is 6.79. The predicted octanol–water partition coefficient (Wildman–Crippen LogP) is 2.95. The van der Waals surface area contributed by atoms with E-state index in [1.807, 2.05) is 0 Å². The fourth-order valence-electron chi connectivity index (χ4n) is 3.16. The molecular weight excluding hydrogens is 402 g/mol. The summed E-state index contributed by atoms with van der Waals surface area (Å²) in [4.78, 5) is 47.5. The number of nitrogens with one attached hydrogen (secondary N) is 2. The lowest BCUT2D eigenvalue weighted by Gasteiger charge is -2.26. The number of pyridine rings is 1. The van der Waals surface area contributed by atoms with E-state index in [0.717, 1.165) is 10.6 Å². The first kappa shape index (κ1) is 19.7. The summed E-state index contributed by atoms with van der Waals surface area (Å²) in [6.45, 7) is 2.43. The summed E-state index contributed by atoms with van der Waals surface area (Å²) in [5, 5.41) is 5.97. The highest BCUT2D eigenvalue weighted by Crippen LogP contribution is 2.29. The standard InChI is InChI=1S/C21H19N5O3S/c1-13(27)23-15-7-5-14(6-8-15)20(29)26-11-9-16-18(12-26)30-21(24-16)25-19(28)17-4-2-3-10-22-17/h2-8,10H,9,11-12H2,1H3,(H,23,27)(H,24,25,28). The normalized spacial score (nSPS) is 12.8. The Balaban J connectivity index is 1.43. The van der Waals surface area contributed by atoms with Gasteiger partial charge in [-0.2, -0.15) is 0 Å². The molecule has 4 rings (SSSR count). The molecule has 0 aliphatic carbocycles. The highest BCUT2D eigenvalue weighted by atomic mass is 32.1. The monoisotopic (exact) mass is 421 g/mol. The zero-order chi connectivity index (χ0) is 21.1. The van der Waals surface area contributed by atoms with Crippen LogP contribution >= 0.6 is 11.3 Å². The fourth-order valence-corrected chi connectivity index (χ4v) is 4.18. The van der Waals surface area contributed by atoms with Crippen LogP contribution < -0.4 is 10.6 Å². The molecule has 0 atom stereocenters. The van der Waals surface area contributed by atoms with Crippen molar-refractivity contribution in [2.75, 3.05) is 17.2 Å². The van der Waals surface area contributed by atoms with Gasteiger partial charge in [0, 0.05) is 42.2 Å². The van der Waals surface area contributed by atoms with E-state index in [1.165, 1.54) is 18.3 Å². The summed E-state index contributed by atoms with van der Waals surface area (Å²) in [6, 6.07) is 12.0. The molecule has 30 heavy (non-hydrogen) atoms. The zero-order valence-electron chi connectivity index (χ0n) is 16.2. The van der Waals surface area contributed by atoms with Crippen molar-refractivity contribution in [3.63, 3.8) is 0 Å². The van der Waals surface area contributed by atoms with E-state index >= 15 is 0 Å². The number of rotatable bonds is 4. The summed E-state index contributed by atoms with van der Waals surface area (Å²) < 4.78 is 0. The van der Waals surface area contributed by atoms with Crippen molar-refractivity contribution >= 4 is 39.9 Å². The van der Waals surface area contributed by atoms with E-state index in [1.54, 1.807) is 53.6 Å². The van der Waals surface area contributed by atoms with Gasteiger partial charge >= 0.3 is 0 Å². The third-order valence-corrected chi connectivity index (χ3v) is 5.59. The molecule has 0 radical (unpaired) electrons. The van der Waals surface area contributed by atoms with Crippen molar-refractivity contribution in [1.82, 2.24) is 14.9 Å². The van der Waals surface area contributed by atoms with Crippen molar-refractivity contribution in [2.45, 2.75) is 19.9 Å². The maximum Gasteiger partial charge on any atom is 0.276 e. The van der Waals surface area contributed by atoms with Crippen LogP contribution in [0.25, 0.3) is 0 Å². The minimum Gasteiger partial charge on any atom is -0.333 e. The van der Waals surface area contributed by atoms with E-state index in [0.29, 0.717) is 41.6 Å². The Kier molecular flexibility index (Phi) is 5.53.